The predicted molar refractivity (Wildman–Crippen MR) is 111 cm³/mol. The van der Waals surface area contributed by atoms with Crippen LogP contribution in [0.15, 0.2) is 41.4 Å². The van der Waals surface area contributed by atoms with Gasteiger partial charge >= 0.3 is 12.1 Å². The summed E-state index contributed by atoms with van der Waals surface area (Å²) in [5, 5.41) is 9.46. The summed E-state index contributed by atoms with van der Waals surface area (Å²) in [7, 11) is -3.10. The number of nitrogens with zero attached hydrogens (tertiary/aromatic N) is 2. The number of aromatic nitrogens is 1. The summed E-state index contributed by atoms with van der Waals surface area (Å²) in [5.74, 6) is -0.382. The molecule has 0 amide bonds. The maximum atomic E-state index is 13.5. The van der Waals surface area contributed by atoms with Crippen LogP contribution in [0.3, 0.4) is 0 Å². The minimum Gasteiger partial charge on any atom is -0.466 e. The predicted octanol–water partition coefficient (Wildman–Crippen LogP) is 3.26. The Morgan fingerprint density at radius 2 is 1.91 bits per heavy atom. The number of ether oxygens (including phenoxy) is 1. The molecule has 176 valence electrons. The van der Waals surface area contributed by atoms with Gasteiger partial charge in [0.1, 0.15) is 0 Å². The van der Waals surface area contributed by atoms with Crippen molar-refractivity contribution in [2.75, 3.05) is 20.2 Å². The Hall–Kier alpha value is -2.50. The van der Waals surface area contributed by atoms with Gasteiger partial charge in [0, 0.05) is 37.5 Å². The van der Waals surface area contributed by atoms with Crippen LogP contribution in [0, 0.1) is 0 Å². The minimum absolute atomic E-state index is 0.0216. The number of alkyl halides is 3. The molecule has 32 heavy (non-hydrogen) atoms. The van der Waals surface area contributed by atoms with Crippen LogP contribution in [0.1, 0.15) is 31.5 Å². The molecule has 1 atom stereocenters. The number of aliphatic hydroxyl groups excluding tert-OH is 1. The molecule has 0 saturated carbocycles. The summed E-state index contributed by atoms with van der Waals surface area (Å²) in [4.78, 5) is 15.1. The van der Waals surface area contributed by atoms with Crippen molar-refractivity contribution in [1.82, 2.24) is 9.29 Å². The molecule has 0 spiro atoms. The Morgan fingerprint density at radius 3 is 2.44 bits per heavy atom. The zero-order chi connectivity index (χ0) is 24.1. The summed E-state index contributed by atoms with van der Waals surface area (Å²) >= 11 is 0. The maximum Gasteiger partial charge on any atom is 0.416 e. The van der Waals surface area contributed by atoms with E-state index in [4.69, 9.17) is 4.74 Å². The first-order valence-corrected chi connectivity index (χ1v) is 11.3. The topological polar surface area (TPSA) is 96.8 Å². The van der Waals surface area contributed by atoms with Gasteiger partial charge in [-0.2, -0.15) is 17.5 Å². The molecule has 0 unspecified atom stereocenters. The molecule has 2 aromatic rings. The average Bonchev–Trinajstić information content (AvgIpc) is 2.71. The Bertz CT molecular complexity index is 1040. The molecule has 0 bridgehead atoms. The second-order valence-corrected chi connectivity index (χ2v) is 9.27. The van der Waals surface area contributed by atoms with Crippen molar-refractivity contribution in [2.24, 2.45) is 0 Å². The number of halogens is 3. The zero-order valence-electron chi connectivity index (χ0n) is 17.9. The lowest BCUT2D eigenvalue weighted by atomic mass is 10.0. The highest BCUT2D eigenvalue weighted by atomic mass is 32.2. The zero-order valence-corrected chi connectivity index (χ0v) is 18.7. The summed E-state index contributed by atoms with van der Waals surface area (Å²) < 4.78 is 71.6. The molecule has 0 saturated heterocycles. The van der Waals surface area contributed by atoms with Gasteiger partial charge < -0.3 is 9.84 Å². The van der Waals surface area contributed by atoms with E-state index < -0.39 is 32.8 Å². The third-order valence-electron chi connectivity index (χ3n) is 4.51. The second kappa shape index (κ2) is 10.4. The normalized spacial score (nSPS) is 13.2. The van der Waals surface area contributed by atoms with Crippen LogP contribution in [-0.2, 0) is 32.2 Å². The minimum atomic E-state index is -4.77. The van der Waals surface area contributed by atoms with Crippen LogP contribution in [0.4, 0.5) is 13.2 Å². The van der Waals surface area contributed by atoms with Crippen molar-refractivity contribution in [3.8, 4) is 11.1 Å². The lowest BCUT2D eigenvalue weighted by Gasteiger charge is -2.20. The quantitative estimate of drug-likeness (QED) is 0.561. The van der Waals surface area contributed by atoms with Crippen molar-refractivity contribution in [3.05, 3.63) is 47.8 Å². The maximum absolute atomic E-state index is 13.5. The molecule has 7 nitrogen and oxygen atoms in total. The van der Waals surface area contributed by atoms with E-state index in [1.54, 1.807) is 13.0 Å². The largest absolute Gasteiger partial charge is 0.466 e. The van der Waals surface area contributed by atoms with E-state index in [9.17, 15) is 31.5 Å². The SMILES string of the molecule is CCOC(=O)CCc1ccc(-c2cc(C(F)(F)F)cc(S(=O)(=O)N(C)C[C@H](C)O)c2)cn1. The van der Waals surface area contributed by atoms with Gasteiger partial charge in [0.25, 0.3) is 0 Å². The summed E-state index contributed by atoms with van der Waals surface area (Å²) in [5.41, 5.74) is -0.275. The van der Waals surface area contributed by atoms with Crippen molar-refractivity contribution < 1.29 is 36.2 Å². The first kappa shape index (κ1) is 25.8. The molecule has 1 heterocycles. The summed E-state index contributed by atoms with van der Waals surface area (Å²) in [6.07, 6.45) is -4.03. The lowest BCUT2D eigenvalue weighted by Crippen LogP contribution is -2.33. The molecule has 1 aromatic heterocycles. The molecule has 0 aliphatic heterocycles. The van der Waals surface area contributed by atoms with Crippen LogP contribution in [-0.4, -0.2) is 55.1 Å². The number of hydrogen-bond donors (Lipinski definition) is 1. The molecular formula is C21H25F3N2O5S. The highest BCUT2D eigenvalue weighted by Crippen LogP contribution is 2.35. The third-order valence-corrected chi connectivity index (χ3v) is 6.31. The van der Waals surface area contributed by atoms with E-state index in [1.807, 2.05) is 0 Å². The number of rotatable bonds is 9. The molecule has 2 rings (SSSR count). The fourth-order valence-corrected chi connectivity index (χ4v) is 4.26. The number of pyridine rings is 1. The Morgan fingerprint density at radius 1 is 1.22 bits per heavy atom. The molecule has 0 fully saturated rings. The van der Waals surface area contributed by atoms with Gasteiger partial charge in [-0.1, -0.05) is 6.07 Å². The number of likely N-dealkylation sites (N-methyl/N-ethyl adjacent to an activating group) is 1. The number of hydrogen-bond acceptors (Lipinski definition) is 6. The van der Waals surface area contributed by atoms with Crippen molar-refractivity contribution >= 4 is 16.0 Å². The van der Waals surface area contributed by atoms with Crippen LogP contribution in [0.25, 0.3) is 11.1 Å². The van der Waals surface area contributed by atoms with Gasteiger partial charge in [-0.3, -0.25) is 9.78 Å². The molecule has 0 aliphatic rings. The fourth-order valence-electron chi connectivity index (χ4n) is 2.93. The Kier molecular flexibility index (Phi) is 8.38. The number of carbonyl (C=O) groups is 1. The monoisotopic (exact) mass is 474 g/mol. The van der Waals surface area contributed by atoms with Crippen LogP contribution < -0.4 is 0 Å². The smallest absolute Gasteiger partial charge is 0.416 e. The number of sulfonamides is 1. The van der Waals surface area contributed by atoms with Crippen LogP contribution in [0.2, 0.25) is 0 Å². The Balaban J connectivity index is 2.41. The molecule has 11 heteroatoms. The van der Waals surface area contributed by atoms with Gasteiger partial charge in [0.05, 0.1) is 29.6 Å². The lowest BCUT2D eigenvalue weighted by molar-refractivity contribution is -0.143. The molecule has 0 aliphatic carbocycles. The average molecular weight is 475 g/mol. The van der Waals surface area contributed by atoms with E-state index in [-0.39, 0.29) is 36.7 Å². The van der Waals surface area contributed by atoms with Crippen LogP contribution in [0.5, 0.6) is 0 Å². The first-order valence-electron chi connectivity index (χ1n) is 9.82. The van der Waals surface area contributed by atoms with E-state index in [0.717, 1.165) is 16.4 Å². The first-order chi connectivity index (χ1) is 14.8. The number of esters is 1. The van der Waals surface area contributed by atoms with E-state index in [1.165, 1.54) is 26.2 Å². The highest BCUT2D eigenvalue weighted by Gasteiger charge is 2.33. The van der Waals surface area contributed by atoms with E-state index >= 15 is 0 Å². The van der Waals surface area contributed by atoms with Crippen molar-refractivity contribution in [1.29, 1.82) is 0 Å². The van der Waals surface area contributed by atoms with E-state index in [2.05, 4.69) is 4.98 Å². The van der Waals surface area contributed by atoms with Gasteiger partial charge in [-0.15, -0.1) is 0 Å². The van der Waals surface area contributed by atoms with Crippen molar-refractivity contribution in [2.45, 2.75) is 43.9 Å². The fraction of sp³-hybridized carbons (Fsp3) is 0.429. The molecule has 1 aromatic carbocycles. The number of aryl methyl sites for hydroxylation is 1. The molecule has 0 radical (unpaired) electrons. The van der Waals surface area contributed by atoms with E-state index in [0.29, 0.717) is 18.2 Å². The standard InChI is InChI=1S/C21H25F3N2O5S/c1-4-31-20(28)8-7-18-6-5-15(12-25-18)16-9-17(21(22,23)24)11-19(10-16)32(29,30)26(3)13-14(2)27/h5-6,9-12,14,27H,4,7-8,13H2,1-3H3/t14-/m0/s1. The second-order valence-electron chi connectivity index (χ2n) is 7.22. The van der Waals surface area contributed by atoms with Gasteiger partial charge in [-0.05, 0) is 43.7 Å². The Labute approximate surface area is 184 Å². The summed E-state index contributed by atoms with van der Waals surface area (Å²) in [6.45, 7) is 3.05. The van der Waals surface area contributed by atoms with Crippen molar-refractivity contribution in [3.63, 3.8) is 0 Å². The van der Waals surface area contributed by atoms with Gasteiger partial charge in [0.2, 0.25) is 10.0 Å². The summed E-state index contributed by atoms with van der Waals surface area (Å²) in [6, 6.07) is 5.63. The number of benzene rings is 1. The number of carbonyl (C=O) groups excluding carboxylic acids is 1. The van der Waals surface area contributed by atoms with Gasteiger partial charge in [-0.25, -0.2) is 8.42 Å². The van der Waals surface area contributed by atoms with Gasteiger partial charge in [0.15, 0.2) is 0 Å². The number of aliphatic hydroxyl groups is 1. The molecule has 1 N–H and O–H groups in total. The van der Waals surface area contributed by atoms with Crippen LogP contribution >= 0.6 is 0 Å². The highest BCUT2D eigenvalue weighted by molar-refractivity contribution is 7.89. The molecular weight excluding hydrogens is 449 g/mol. The third kappa shape index (κ3) is 6.75.